The van der Waals surface area contributed by atoms with Crippen LogP contribution in [0, 0.1) is 22.4 Å². The van der Waals surface area contributed by atoms with Crippen molar-refractivity contribution in [3.05, 3.63) is 28.8 Å². The molecule has 0 amide bonds. The molecule has 3 rings (SSSR count). The van der Waals surface area contributed by atoms with Crippen LogP contribution < -0.4 is 0 Å². The van der Waals surface area contributed by atoms with Crippen LogP contribution in [0.3, 0.4) is 0 Å². The lowest BCUT2D eigenvalue weighted by molar-refractivity contribution is 0.444. The molecular formula is C14H17FN2S. The van der Waals surface area contributed by atoms with Gasteiger partial charge in [-0.25, -0.2) is 4.39 Å². The second-order valence-electron chi connectivity index (χ2n) is 5.46. The maximum atomic E-state index is 13.7. The summed E-state index contributed by atoms with van der Waals surface area (Å²) in [6, 6.07) is 5.15. The van der Waals surface area contributed by atoms with Crippen molar-refractivity contribution in [3.8, 4) is 0 Å². The summed E-state index contributed by atoms with van der Waals surface area (Å²) in [5, 5.41) is 0. The van der Waals surface area contributed by atoms with Crippen molar-refractivity contribution in [2.24, 2.45) is 11.8 Å². The molecule has 1 N–H and O–H groups in total. The van der Waals surface area contributed by atoms with Gasteiger partial charge in [0, 0.05) is 6.54 Å². The Labute approximate surface area is 111 Å². The highest BCUT2D eigenvalue weighted by molar-refractivity contribution is 7.71. The van der Waals surface area contributed by atoms with E-state index in [-0.39, 0.29) is 5.82 Å². The average molecular weight is 264 g/mol. The van der Waals surface area contributed by atoms with Crippen molar-refractivity contribution in [2.75, 3.05) is 0 Å². The Balaban J connectivity index is 1.99. The SMILES string of the molecule is CC1CCC(Cn2c(=S)[nH]c3c(F)cccc32)C1. The first kappa shape index (κ1) is 11.9. The Hall–Kier alpha value is -1.16. The minimum Gasteiger partial charge on any atom is -0.328 e. The van der Waals surface area contributed by atoms with Gasteiger partial charge in [-0.05, 0) is 49.0 Å². The van der Waals surface area contributed by atoms with Gasteiger partial charge in [0.1, 0.15) is 11.3 Å². The lowest BCUT2D eigenvalue weighted by Crippen LogP contribution is -2.07. The minimum atomic E-state index is -0.225. The highest BCUT2D eigenvalue weighted by Crippen LogP contribution is 2.32. The van der Waals surface area contributed by atoms with Crippen LogP contribution in [-0.2, 0) is 6.54 Å². The molecule has 2 unspecified atom stereocenters. The molecular weight excluding hydrogens is 247 g/mol. The van der Waals surface area contributed by atoms with Crippen LogP contribution in [0.15, 0.2) is 18.2 Å². The molecule has 0 saturated heterocycles. The molecule has 1 saturated carbocycles. The molecule has 1 aromatic carbocycles. The first-order chi connectivity index (χ1) is 8.65. The number of nitrogens with one attached hydrogen (secondary N) is 1. The normalized spacial score (nSPS) is 23.9. The van der Waals surface area contributed by atoms with Crippen LogP contribution in [0.2, 0.25) is 0 Å². The number of para-hydroxylation sites is 1. The fourth-order valence-corrected chi connectivity index (χ4v) is 3.35. The summed E-state index contributed by atoms with van der Waals surface area (Å²) in [4.78, 5) is 2.98. The molecule has 18 heavy (non-hydrogen) atoms. The average Bonchev–Trinajstić information content (AvgIpc) is 2.87. The third kappa shape index (κ3) is 1.99. The Morgan fingerprint density at radius 3 is 3.00 bits per heavy atom. The van der Waals surface area contributed by atoms with Crippen molar-refractivity contribution in [3.63, 3.8) is 0 Å². The van der Waals surface area contributed by atoms with Crippen molar-refractivity contribution >= 4 is 23.3 Å². The monoisotopic (exact) mass is 264 g/mol. The molecule has 1 heterocycles. The van der Waals surface area contributed by atoms with E-state index in [1.54, 1.807) is 6.07 Å². The summed E-state index contributed by atoms with van der Waals surface area (Å²) in [7, 11) is 0. The summed E-state index contributed by atoms with van der Waals surface area (Å²) in [5.74, 6) is 1.26. The highest BCUT2D eigenvalue weighted by atomic mass is 32.1. The molecule has 0 radical (unpaired) electrons. The van der Waals surface area contributed by atoms with Gasteiger partial charge in [0.2, 0.25) is 0 Å². The Morgan fingerprint density at radius 1 is 1.44 bits per heavy atom. The second kappa shape index (κ2) is 4.50. The van der Waals surface area contributed by atoms with Gasteiger partial charge >= 0.3 is 0 Å². The summed E-state index contributed by atoms with van der Waals surface area (Å²) in [5.41, 5.74) is 1.42. The van der Waals surface area contributed by atoms with Crippen molar-refractivity contribution in [2.45, 2.75) is 32.7 Å². The van der Waals surface area contributed by atoms with Crippen molar-refractivity contribution in [1.29, 1.82) is 0 Å². The van der Waals surface area contributed by atoms with Gasteiger partial charge in [-0.3, -0.25) is 0 Å². The molecule has 0 aliphatic heterocycles. The molecule has 0 bridgehead atoms. The number of H-pyrrole nitrogens is 1. The number of rotatable bonds is 2. The Kier molecular flexibility index (Phi) is 2.98. The van der Waals surface area contributed by atoms with E-state index >= 15 is 0 Å². The van der Waals surface area contributed by atoms with Crippen LogP contribution in [0.5, 0.6) is 0 Å². The van der Waals surface area contributed by atoms with E-state index in [9.17, 15) is 4.39 Å². The van der Waals surface area contributed by atoms with Gasteiger partial charge in [-0.15, -0.1) is 0 Å². The highest BCUT2D eigenvalue weighted by Gasteiger charge is 2.22. The van der Waals surface area contributed by atoms with Gasteiger partial charge < -0.3 is 9.55 Å². The zero-order chi connectivity index (χ0) is 12.7. The lowest BCUT2D eigenvalue weighted by atomic mass is 10.1. The van der Waals surface area contributed by atoms with Crippen molar-refractivity contribution < 1.29 is 4.39 Å². The smallest absolute Gasteiger partial charge is 0.178 e. The fraction of sp³-hybridized carbons (Fsp3) is 0.500. The number of aromatic nitrogens is 2. The first-order valence-corrected chi connectivity index (χ1v) is 6.93. The maximum Gasteiger partial charge on any atom is 0.178 e. The third-order valence-corrected chi connectivity index (χ3v) is 4.33. The minimum absolute atomic E-state index is 0.225. The number of halogens is 1. The summed E-state index contributed by atoms with van der Waals surface area (Å²) in [6.07, 6.45) is 3.81. The van der Waals surface area contributed by atoms with E-state index in [1.165, 1.54) is 25.3 Å². The molecule has 2 atom stereocenters. The van der Waals surface area contributed by atoms with Gasteiger partial charge in [0.15, 0.2) is 4.77 Å². The molecule has 2 nitrogen and oxygen atoms in total. The molecule has 96 valence electrons. The third-order valence-electron chi connectivity index (χ3n) is 4.00. The van der Waals surface area contributed by atoms with Crippen LogP contribution in [0.1, 0.15) is 26.2 Å². The van der Waals surface area contributed by atoms with Crippen LogP contribution in [0.4, 0.5) is 4.39 Å². The summed E-state index contributed by atoms with van der Waals surface area (Å²) < 4.78 is 16.4. The van der Waals surface area contributed by atoms with Crippen LogP contribution in [0.25, 0.3) is 11.0 Å². The van der Waals surface area contributed by atoms with Gasteiger partial charge in [-0.1, -0.05) is 19.4 Å². The van der Waals surface area contributed by atoms with E-state index in [4.69, 9.17) is 12.2 Å². The molecule has 1 aliphatic carbocycles. The van der Waals surface area contributed by atoms with Crippen LogP contribution in [-0.4, -0.2) is 9.55 Å². The second-order valence-corrected chi connectivity index (χ2v) is 5.85. The first-order valence-electron chi connectivity index (χ1n) is 6.52. The maximum absolute atomic E-state index is 13.7. The summed E-state index contributed by atoms with van der Waals surface area (Å²) >= 11 is 5.32. The largest absolute Gasteiger partial charge is 0.328 e. The number of hydrogen-bond acceptors (Lipinski definition) is 1. The number of aromatic amines is 1. The van der Waals surface area contributed by atoms with E-state index < -0.39 is 0 Å². The van der Waals surface area contributed by atoms with Gasteiger partial charge in [0.05, 0.1) is 5.52 Å². The van der Waals surface area contributed by atoms with Crippen LogP contribution >= 0.6 is 12.2 Å². The predicted molar refractivity (Wildman–Crippen MR) is 73.6 cm³/mol. The Bertz CT molecular complexity index is 628. The van der Waals surface area contributed by atoms with E-state index in [0.717, 1.165) is 18.0 Å². The molecule has 1 fully saturated rings. The Morgan fingerprint density at radius 2 is 2.28 bits per heavy atom. The lowest BCUT2D eigenvalue weighted by Gasteiger charge is -2.11. The molecule has 4 heteroatoms. The molecule has 0 spiro atoms. The van der Waals surface area contributed by atoms with E-state index in [1.807, 2.05) is 6.07 Å². The standard InChI is InChI=1S/C14H17FN2S/c1-9-5-6-10(7-9)8-17-12-4-2-3-11(15)13(12)16-14(17)18/h2-4,9-10H,5-8H2,1H3,(H,16,18). The number of nitrogens with zero attached hydrogens (tertiary/aromatic N) is 1. The molecule has 1 aromatic heterocycles. The molecule has 1 aliphatic rings. The number of benzene rings is 1. The van der Waals surface area contributed by atoms with Gasteiger partial charge in [0.25, 0.3) is 0 Å². The zero-order valence-electron chi connectivity index (χ0n) is 10.4. The predicted octanol–water partition coefficient (Wildman–Crippen LogP) is 4.27. The number of hydrogen-bond donors (Lipinski definition) is 1. The number of fused-ring (bicyclic) bond motifs is 1. The van der Waals surface area contributed by atoms with E-state index in [2.05, 4.69) is 16.5 Å². The quantitative estimate of drug-likeness (QED) is 0.803. The fourth-order valence-electron chi connectivity index (χ4n) is 3.08. The van der Waals surface area contributed by atoms with Crippen molar-refractivity contribution in [1.82, 2.24) is 9.55 Å². The van der Waals surface area contributed by atoms with E-state index in [0.29, 0.717) is 16.2 Å². The topological polar surface area (TPSA) is 20.7 Å². The number of imidazole rings is 1. The summed E-state index contributed by atoms with van der Waals surface area (Å²) in [6.45, 7) is 3.21. The zero-order valence-corrected chi connectivity index (χ0v) is 11.3. The molecule has 2 aromatic rings. The van der Waals surface area contributed by atoms with Gasteiger partial charge in [-0.2, -0.15) is 0 Å².